The second kappa shape index (κ2) is 13.9. The molecule has 3 nitrogen and oxygen atoms in total. The molecule has 292 valence electrons. The molecule has 0 amide bonds. The highest BCUT2D eigenvalue weighted by Gasteiger charge is 2.53. The first-order valence-electron chi connectivity index (χ1n) is 21.4. The summed E-state index contributed by atoms with van der Waals surface area (Å²) in [4.78, 5) is 15.0. The fourth-order valence-corrected chi connectivity index (χ4v) is 10.6. The lowest BCUT2D eigenvalue weighted by atomic mass is 9.55. The molecule has 1 spiro atoms. The van der Waals surface area contributed by atoms with Gasteiger partial charge in [0.2, 0.25) is 0 Å². The zero-order chi connectivity index (χ0) is 41.4. The Labute approximate surface area is 362 Å². The molecule has 0 atom stereocenters. The minimum Gasteiger partial charge on any atom is -0.208 e. The number of hydrogen-bond donors (Lipinski definition) is 0. The molecular weight excluding hydrogens is 751 g/mol. The molecule has 12 rings (SSSR count). The van der Waals surface area contributed by atoms with Crippen molar-refractivity contribution in [3.8, 4) is 67.5 Å². The van der Waals surface area contributed by atoms with E-state index in [0.29, 0.717) is 17.5 Å². The van der Waals surface area contributed by atoms with E-state index in [1.807, 2.05) is 60.7 Å². The summed E-state index contributed by atoms with van der Waals surface area (Å²) in [6.07, 6.45) is 0. The normalized spacial score (nSPS) is 13.9. The Kier molecular flexibility index (Phi) is 8.10. The van der Waals surface area contributed by atoms with Gasteiger partial charge >= 0.3 is 0 Å². The number of aromatic nitrogens is 3. The van der Waals surface area contributed by atoms with Gasteiger partial charge in [-0.15, -0.1) is 0 Å². The molecule has 0 fully saturated rings. The minimum absolute atomic E-state index is 0.154. The number of hydrogen-bond acceptors (Lipinski definition) is 3. The Morgan fingerprint density at radius 3 is 1.26 bits per heavy atom. The standard InChI is InChI=1S/C59H41N3/c1-58(2)49-27-13-15-29-51(49)59(52-30-16-14-28-50(52)58)48-26-12-11-24-45(48)54-44(25-17-31-53(54)59)47-37-43-23-10-9-22-42(43)36-46(47)38-32-34-41(35-33-38)57-61-55(39-18-5-3-6-19-39)60-56(62-57)40-20-7-4-8-21-40/h3-37H,1-2H3. The highest BCUT2D eigenvalue weighted by atomic mass is 15.0. The van der Waals surface area contributed by atoms with Crippen molar-refractivity contribution in [2.45, 2.75) is 24.7 Å². The molecule has 0 saturated heterocycles. The van der Waals surface area contributed by atoms with Crippen molar-refractivity contribution in [3.63, 3.8) is 0 Å². The Bertz CT molecular complexity index is 3260. The van der Waals surface area contributed by atoms with E-state index in [-0.39, 0.29) is 5.41 Å². The summed E-state index contributed by atoms with van der Waals surface area (Å²) >= 11 is 0. The van der Waals surface area contributed by atoms with Crippen LogP contribution in [0.5, 0.6) is 0 Å². The van der Waals surface area contributed by atoms with Crippen molar-refractivity contribution in [1.82, 2.24) is 15.0 Å². The third kappa shape index (κ3) is 5.34. The lowest BCUT2D eigenvalue weighted by Crippen LogP contribution is -2.40. The topological polar surface area (TPSA) is 38.7 Å². The van der Waals surface area contributed by atoms with Crippen LogP contribution in [-0.4, -0.2) is 15.0 Å². The maximum Gasteiger partial charge on any atom is 0.164 e. The summed E-state index contributed by atoms with van der Waals surface area (Å²) in [6, 6.07) is 77.0. The molecule has 3 heteroatoms. The van der Waals surface area contributed by atoms with E-state index in [1.54, 1.807) is 0 Å². The largest absolute Gasteiger partial charge is 0.208 e. The molecule has 0 N–H and O–H groups in total. The maximum atomic E-state index is 5.03. The van der Waals surface area contributed by atoms with E-state index in [2.05, 4.69) is 166 Å². The number of rotatable bonds is 5. The van der Waals surface area contributed by atoms with Crippen LogP contribution in [0.3, 0.4) is 0 Å². The van der Waals surface area contributed by atoms with E-state index in [0.717, 1.165) is 22.3 Å². The highest BCUT2D eigenvalue weighted by molar-refractivity contribution is 6.03. The fourth-order valence-electron chi connectivity index (χ4n) is 10.6. The summed E-state index contributed by atoms with van der Waals surface area (Å²) in [7, 11) is 0. The van der Waals surface area contributed by atoms with Gasteiger partial charge in [0.1, 0.15) is 0 Å². The third-order valence-corrected chi connectivity index (χ3v) is 13.4. The number of fused-ring (bicyclic) bond motifs is 10. The van der Waals surface area contributed by atoms with Crippen molar-refractivity contribution in [2.75, 3.05) is 0 Å². The highest BCUT2D eigenvalue weighted by Crippen LogP contribution is 2.63. The molecule has 10 aromatic rings. The second-order valence-corrected chi connectivity index (χ2v) is 17.1. The first kappa shape index (κ1) is 36.1. The molecule has 2 aliphatic carbocycles. The van der Waals surface area contributed by atoms with Crippen molar-refractivity contribution in [3.05, 3.63) is 246 Å². The Morgan fingerprint density at radius 1 is 0.290 bits per heavy atom. The third-order valence-electron chi connectivity index (χ3n) is 13.4. The molecule has 0 bridgehead atoms. The summed E-state index contributed by atoms with van der Waals surface area (Å²) in [5.74, 6) is 1.94. The van der Waals surface area contributed by atoms with Crippen LogP contribution in [0.1, 0.15) is 47.2 Å². The average molecular weight is 792 g/mol. The molecule has 0 saturated carbocycles. The maximum absolute atomic E-state index is 5.03. The summed E-state index contributed by atoms with van der Waals surface area (Å²) in [5.41, 5.74) is 17.7. The van der Waals surface area contributed by atoms with Gasteiger partial charge in [-0.1, -0.05) is 214 Å². The van der Waals surface area contributed by atoms with Crippen molar-refractivity contribution in [1.29, 1.82) is 0 Å². The average Bonchev–Trinajstić information content (AvgIpc) is 3.64. The molecule has 0 radical (unpaired) electrons. The molecule has 1 heterocycles. The Hall–Kier alpha value is -7.75. The Balaban J connectivity index is 1.06. The molecular formula is C59H41N3. The monoisotopic (exact) mass is 791 g/mol. The van der Waals surface area contributed by atoms with Crippen LogP contribution in [0.25, 0.3) is 78.3 Å². The first-order chi connectivity index (χ1) is 30.5. The van der Waals surface area contributed by atoms with Gasteiger partial charge in [0.25, 0.3) is 0 Å². The fraction of sp³-hybridized carbons (Fsp3) is 0.0678. The molecule has 0 aliphatic heterocycles. The van der Waals surface area contributed by atoms with Gasteiger partial charge in [0, 0.05) is 22.1 Å². The van der Waals surface area contributed by atoms with Crippen molar-refractivity contribution >= 4 is 10.8 Å². The zero-order valence-electron chi connectivity index (χ0n) is 34.5. The predicted octanol–water partition coefficient (Wildman–Crippen LogP) is 14.4. The lowest BCUT2D eigenvalue weighted by Gasteiger charge is -2.46. The van der Waals surface area contributed by atoms with E-state index in [4.69, 9.17) is 15.0 Å². The van der Waals surface area contributed by atoms with Crippen molar-refractivity contribution in [2.24, 2.45) is 0 Å². The van der Waals surface area contributed by atoms with Gasteiger partial charge in [0.05, 0.1) is 5.41 Å². The Morgan fingerprint density at radius 2 is 0.694 bits per heavy atom. The predicted molar refractivity (Wildman–Crippen MR) is 254 cm³/mol. The van der Waals surface area contributed by atoms with Crippen LogP contribution >= 0.6 is 0 Å². The van der Waals surface area contributed by atoms with E-state index >= 15 is 0 Å². The summed E-state index contributed by atoms with van der Waals surface area (Å²) in [5, 5.41) is 2.42. The van der Waals surface area contributed by atoms with Gasteiger partial charge < -0.3 is 0 Å². The van der Waals surface area contributed by atoms with Crippen molar-refractivity contribution < 1.29 is 0 Å². The molecule has 1 aromatic heterocycles. The minimum atomic E-state index is -0.467. The molecule has 2 aliphatic rings. The van der Waals surface area contributed by atoms with Gasteiger partial charge in [-0.05, 0) is 89.7 Å². The van der Waals surface area contributed by atoms with Crippen LogP contribution < -0.4 is 0 Å². The molecule has 0 unspecified atom stereocenters. The smallest absolute Gasteiger partial charge is 0.164 e. The SMILES string of the molecule is CC1(C)c2ccccc2C2(c3ccccc3-c3c(-c4cc5ccccc5cc4-c4ccc(-c5nc(-c6ccccc6)nc(-c6ccccc6)n5)cc4)cccc32)c2ccccc21. The lowest BCUT2D eigenvalue weighted by molar-refractivity contribution is 0.563. The number of benzene rings is 9. The zero-order valence-corrected chi connectivity index (χ0v) is 34.5. The quantitative estimate of drug-likeness (QED) is 0.174. The van der Waals surface area contributed by atoms with Gasteiger partial charge in [-0.25, -0.2) is 15.0 Å². The first-order valence-corrected chi connectivity index (χ1v) is 21.4. The van der Waals surface area contributed by atoms with Gasteiger partial charge in [-0.3, -0.25) is 0 Å². The van der Waals surface area contributed by atoms with Crippen LogP contribution in [0.4, 0.5) is 0 Å². The second-order valence-electron chi connectivity index (χ2n) is 17.1. The van der Waals surface area contributed by atoms with Crippen LogP contribution in [0.2, 0.25) is 0 Å². The van der Waals surface area contributed by atoms with E-state index in [9.17, 15) is 0 Å². The van der Waals surface area contributed by atoms with Crippen LogP contribution in [0, 0.1) is 0 Å². The number of nitrogens with zero attached hydrogens (tertiary/aromatic N) is 3. The van der Waals surface area contributed by atoms with E-state index < -0.39 is 5.41 Å². The van der Waals surface area contributed by atoms with Crippen LogP contribution in [-0.2, 0) is 10.8 Å². The van der Waals surface area contributed by atoms with Gasteiger partial charge in [0.15, 0.2) is 17.5 Å². The van der Waals surface area contributed by atoms with Crippen LogP contribution in [0.15, 0.2) is 212 Å². The summed E-state index contributed by atoms with van der Waals surface area (Å²) < 4.78 is 0. The summed E-state index contributed by atoms with van der Waals surface area (Å²) in [6.45, 7) is 4.76. The van der Waals surface area contributed by atoms with Gasteiger partial charge in [-0.2, -0.15) is 0 Å². The molecule has 9 aromatic carbocycles. The van der Waals surface area contributed by atoms with E-state index in [1.165, 1.54) is 72.0 Å². The molecule has 62 heavy (non-hydrogen) atoms.